The van der Waals surface area contributed by atoms with Crippen molar-refractivity contribution < 1.29 is 8.42 Å². The highest BCUT2D eigenvalue weighted by Gasteiger charge is 2.25. The predicted molar refractivity (Wildman–Crippen MR) is 95.5 cm³/mol. The van der Waals surface area contributed by atoms with Gasteiger partial charge < -0.3 is 0 Å². The molecule has 0 atom stereocenters. The van der Waals surface area contributed by atoms with E-state index in [1.807, 2.05) is 19.1 Å². The molecule has 0 unspecified atom stereocenters. The fourth-order valence-corrected chi connectivity index (χ4v) is 6.28. The minimum Gasteiger partial charge on any atom is -0.246 e. The van der Waals surface area contributed by atoms with Gasteiger partial charge in [-0.15, -0.1) is 11.3 Å². The molecule has 4 rings (SSSR count). The average molecular weight is 369 g/mol. The molecule has 1 saturated heterocycles. The van der Waals surface area contributed by atoms with Crippen LogP contribution < -0.4 is 4.72 Å². The van der Waals surface area contributed by atoms with E-state index >= 15 is 0 Å². The third-order valence-corrected chi connectivity index (χ3v) is 7.65. The van der Waals surface area contributed by atoms with Gasteiger partial charge in [0.15, 0.2) is 5.13 Å². The monoisotopic (exact) mass is 368 g/mol. The maximum atomic E-state index is 12.5. The molecule has 0 aliphatic carbocycles. The Morgan fingerprint density at radius 3 is 2.43 bits per heavy atom. The molecule has 0 radical (unpaired) electrons. The molecule has 1 N–H and O–H groups in total. The van der Waals surface area contributed by atoms with Crippen LogP contribution in [0.15, 0.2) is 12.1 Å². The van der Waals surface area contributed by atoms with E-state index in [0.29, 0.717) is 18.2 Å². The van der Waals surface area contributed by atoms with Crippen LogP contribution in [-0.2, 0) is 10.2 Å². The van der Waals surface area contributed by atoms with Crippen molar-refractivity contribution in [3.63, 3.8) is 0 Å². The number of aromatic nitrogens is 2. The highest BCUT2D eigenvalue weighted by molar-refractivity contribution is 7.90. The van der Waals surface area contributed by atoms with E-state index in [4.69, 9.17) is 0 Å². The third kappa shape index (κ3) is 2.82. The fraction of sp³-hybridized carbons (Fsp3) is 0.429. The Morgan fingerprint density at radius 2 is 1.70 bits per heavy atom. The molecule has 9 heteroatoms. The number of rotatable bonds is 3. The smallest absolute Gasteiger partial charge is 0.246 e. The highest BCUT2D eigenvalue weighted by atomic mass is 32.2. The number of aryl methyl sites for hydroxylation is 1. The first-order chi connectivity index (χ1) is 11.0. The lowest BCUT2D eigenvalue weighted by Crippen LogP contribution is -2.39. The molecule has 0 bridgehead atoms. The van der Waals surface area contributed by atoms with Crippen molar-refractivity contribution in [3.05, 3.63) is 17.1 Å². The van der Waals surface area contributed by atoms with Crippen molar-refractivity contribution in [2.75, 3.05) is 17.8 Å². The number of anilines is 1. The van der Waals surface area contributed by atoms with Crippen molar-refractivity contribution in [2.45, 2.75) is 26.2 Å². The Kier molecular flexibility index (Phi) is 3.75. The summed E-state index contributed by atoms with van der Waals surface area (Å²) in [6.45, 7) is 3.13. The second-order valence-electron chi connectivity index (χ2n) is 5.58. The van der Waals surface area contributed by atoms with Gasteiger partial charge in [0.25, 0.3) is 0 Å². The van der Waals surface area contributed by atoms with Crippen LogP contribution in [0, 0.1) is 6.92 Å². The van der Waals surface area contributed by atoms with Gasteiger partial charge in [-0.3, -0.25) is 0 Å². The van der Waals surface area contributed by atoms with Crippen LogP contribution in [0.3, 0.4) is 0 Å². The number of hydrogen-bond acceptors (Lipinski definition) is 6. The first-order valence-electron chi connectivity index (χ1n) is 7.47. The van der Waals surface area contributed by atoms with Gasteiger partial charge >= 0.3 is 10.2 Å². The molecule has 1 aliphatic rings. The zero-order valence-electron chi connectivity index (χ0n) is 12.6. The van der Waals surface area contributed by atoms with Crippen LogP contribution in [0.2, 0.25) is 0 Å². The minimum atomic E-state index is -3.51. The van der Waals surface area contributed by atoms with Gasteiger partial charge in [0.1, 0.15) is 0 Å². The third-order valence-electron chi connectivity index (χ3n) is 3.89. The minimum absolute atomic E-state index is 0.420. The summed E-state index contributed by atoms with van der Waals surface area (Å²) in [5.41, 5.74) is 1.75. The summed E-state index contributed by atoms with van der Waals surface area (Å²) in [5, 5.41) is 1.42. The molecule has 1 aromatic carbocycles. The molecule has 0 saturated carbocycles. The summed E-state index contributed by atoms with van der Waals surface area (Å²) in [7, 11) is -3.51. The summed E-state index contributed by atoms with van der Waals surface area (Å²) >= 11 is 2.99. The Morgan fingerprint density at radius 1 is 1.04 bits per heavy atom. The predicted octanol–water partition coefficient (Wildman–Crippen LogP) is 3.36. The molecular formula is C14H16N4O2S3. The SMILES string of the molecule is Cc1nc2ccc3nc(NS(=O)(=O)N4CCCCC4)sc3c2s1. The van der Waals surface area contributed by atoms with Crippen molar-refractivity contribution in [1.82, 2.24) is 14.3 Å². The van der Waals surface area contributed by atoms with Gasteiger partial charge in [-0.25, -0.2) is 14.7 Å². The van der Waals surface area contributed by atoms with E-state index in [0.717, 1.165) is 44.7 Å². The molecule has 1 fully saturated rings. The van der Waals surface area contributed by atoms with Crippen LogP contribution in [0.5, 0.6) is 0 Å². The molecule has 0 amide bonds. The number of benzene rings is 1. The van der Waals surface area contributed by atoms with Gasteiger partial charge in [0, 0.05) is 13.1 Å². The largest absolute Gasteiger partial charge is 0.303 e. The summed E-state index contributed by atoms with van der Waals surface area (Å²) < 4.78 is 31.2. The number of nitrogens with zero attached hydrogens (tertiary/aromatic N) is 3. The van der Waals surface area contributed by atoms with E-state index in [1.165, 1.54) is 15.6 Å². The van der Waals surface area contributed by atoms with E-state index in [-0.39, 0.29) is 0 Å². The Balaban J connectivity index is 1.70. The quantitative estimate of drug-likeness (QED) is 0.769. The van der Waals surface area contributed by atoms with Gasteiger partial charge in [-0.05, 0) is 31.9 Å². The summed E-state index contributed by atoms with van der Waals surface area (Å²) in [6, 6.07) is 3.83. The van der Waals surface area contributed by atoms with Crippen LogP contribution in [-0.4, -0.2) is 35.8 Å². The maximum absolute atomic E-state index is 12.5. The highest BCUT2D eigenvalue weighted by Crippen LogP contribution is 2.36. The fourth-order valence-electron chi connectivity index (χ4n) is 2.81. The molecule has 2 aromatic heterocycles. The molecule has 0 spiro atoms. The second kappa shape index (κ2) is 5.66. The lowest BCUT2D eigenvalue weighted by Gasteiger charge is -2.25. The van der Waals surface area contributed by atoms with Crippen molar-refractivity contribution >= 4 is 58.4 Å². The lowest BCUT2D eigenvalue weighted by molar-refractivity contribution is 0.349. The lowest BCUT2D eigenvalue weighted by atomic mass is 10.2. The van der Waals surface area contributed by atoms with Crippen LogP contribution in [0.4, 0.5) is 5.13 Å². The van der Waals surface area contributed by atoms with Crippen molar-refractivity contribution in [2.24, 2.45) is 0 Å². The summed E-state index contributed by atoms with van der Waals surface area (Å²) in [5.74, 6) is 0. The van der Waals surface area contributed by atoms with Crippen molar-refractivity contribution in [1.29, 1.82) is 0 Å². The summed E-state index contributed by atoms with van der Waals surface area (Å²) in [6.07, 6.45) is 2.93. The Labute approximate surface area is 142 Å². The topological polar surface area (TPSA) is 75.2 Å². The molecular weight excluding hydrogens is 352 g/mol. The van der Waals surface area contributed by atoms with Crippen LogP contribution >= 0.6 is 22.7 Å². The zero-order valence-corrected chi connectivity index (χ0v) is 15.0. The Hall–Kier alpha value is -1.29. The molecule has 3 aromatic rings. The Bertz CT molecular complexity index is 971. The average Bonchev–Trinajstić information content (AvgIpc) is 3.09. The molecule has 1 aliphatic heterocycles. The second-order valence-corrected chi connectivity index (χ2v) is 9.45. The number of hydrogen-bond donors (Lipinski definition) is 1. The number of thiazole rings is 2. The van der Waals surface area contributed by atoms with E-state index in [2.05, 4.69) is 14.7 Å². The number of fused-ring (bicyclic) bond motifs is 3. The van der Waals surface area contributed by atoms with Gasteiger partial charge in [-0.1, -0.05) is 17.8 Å². The normalized spacial score (nSPS) is 17.1. The number of nitrogens with one attached hydrogen (secondary N) is 1. The van der Waals surface area contributed by atoms with E-state index in [1.54, 1.807) is 11.3 Å². The summed E-state index contributed by atoms with van der Waals surface area (Å²) in [4.78, 5) is 8.90. The van der Waals surface area contributed by atoms with Crippen molar-refractivity contribution in [3.8, 4) is 0 Å². The van der Waals surface area contributed by atoms with Crippen LogP contribution in [0.25, 0.3) is 20.4 Å². The first-order valence-corrected chi connectivity index (χ1v) is 10.5. The van der Waals surface area contributed by atoms with Gasteiger partial charge in [0.05, 0.1) is 25.4 Å². The molecule has 6 nitrogen and oxygen atoms in total. The standard InChI is InChI=1S/C14H16N4O2S3/c1-9-15-10-5-6-11-13(12(10)21-9)22-14(16-11)17-23(19,20)18-7-3-2-4-8-18/h5-6H,2-4,7-8H2,1H3,(H,16,17). The van der Waals surface area contributed by atoms with Gasteiger partial charge in [0.2, 0.25) is 0 Å². The molecule has 122 valence electrons. The molecule has 23 heavy (non-hydrogen) atoms. The first kappa shape index (κ1) is 15.3. The zero-order chi connectivity index (χ0) is 16.0. The number of piperidine rings is 1. The van der Waals surface area contributed by atoms with Crippen LogP contribution in [0.1, 0.15) is 24.3 Å². The molecule has 3 heterocycles. The maximum Gasteiger partial charge on any atom is 0.303 e. The van der Waals surface area contributed by atoms with E-state index < -0.39 is 10.2 Å². The van der Waals surface area contributed by atoms with E-state index in [9.17, 15) is 8.42 Å². The van der Waals surface area contributed by atoms with Gasteiger partial charge in [-0.2, -0.15) is 12.7 Å².